The number of aromatic nitrogens is 3. The number of methoxy groups -OCH3 is 1. The van der Waals surface area contributed by atoms with Gasteiger partial charge in [0.15, 0.2) is 0 Å². The number of benzene rings is 1. The number of nitrogens with one attached hydrogen (secondary N) is 1. The Hall–Kier alpha value is -1.74. The van der Waals surface area contributed by atoms with Crippen LogP contribution in [0, 0.1) is 6.92 Å². The van der Waals surface area contributed by atoms with Crippen LogP contribution in [0.3, 0.4) is 0 Å². The van der Waals surface area contributed by atoms with Gasteiger partial charge in [-0.3, -0.25) is 4.79 Å². The number of fused-ring (bicyclic) bond motifs is 1. The maximum absolute atomic E-state index is 13.1. The zero-order valence-corrected chi connectivity index (χ0v) is 17.6. The van der Waals surface area contributed by atoms with Crippen LogP contribution in [-0.4, -0.2) is 51.1 Å². The summed E-state index contributed by atoms with van der Waals surface area (Å²) >= 11 is 4.99. The number of aryl methyl sites for hydroxylation is 1. The van der Waals surface area contributed by atoms with Gasteiger partial charge in [0.2, 0.25) is 11.1 Å². The third-order valence-corrected chi connectivity index (χ3v) is 6.27. The van der Waals surface area contributed by atoms with Crippen molar-refractivity contribution in [1.82, 2.24) is 19.8 Å². The van der Waals surface area contributed by atoms with Gasteiger partial charge in [0.25, 0.3) is 0 Å². The number of thioether (sulfide) groups is 1. The average Bonchev–Trinajstić information content (AvgIpc) is 3.01. The summed E-state index contributed by atoms with van der Waals surface area (Å²) in [6.07, 6.45) is 0. The van der Waals surface area contributed by atoms with E-state index in [0.717, 1.165) is 21.6 Å². The van der Waals surface area contributed by atoms with Gasteiger partial charge in [-0.05, 0) is 54.4 Å². The van der Waals surface area contributed by atoms with E-state index in [-0.39, 0.29) is 17.2 Å². The highest BCUT2D eigenvalue weighted by Gasteiger charge is 2.39. The Kier molecular flexibility index (Phi) is 5.76. The van der Waals surface area contributed by atoms with Gasteiger partial charge in [0.1, 0.15) is 16.8 Å². The highest BCUT2D eigenvalue weighted by Crippen LogP contribution is 2.39. The number of hydrogen-bond donors (Lipinski definition) is 1. The predicted octanol–water partition coefficient (Wildman–Crippen LogP) is 2.99. The van der Waals surface area contributed by atoms with Gasteiger partial charge in [0.05, 0.1) is 17.6 Å². The fourth-order valence-electron chi connectivity index (χ4n) is 2.99. The summed E-state index contributed by atoms with van der Waals surface area (Å²) in [5.41, 5.74) is 4.42. The van der Waals surface area contributed by atoms with E-state index in [1.54, 1.807) is 7.11 Å². The molecule has 3 rings (SSSR count). The summed E-state index contributed by atoms with van der Waals surface area (Å²) in [5.74, 6) is 1.61. The van der Waals surface area contributed by atoms with Crippen LogP contribution in [0.2, 0.25) is 0 Å². The molecule has 1 N–H and O–H groups in total. The summed E-state index contributed by atoms with van der Waals surface area (Å²) in [4.78, 5) is 15.0. The largest absolute Gasteiger partial charge is 0.496 e. The minimum Gasteiger partial charge on any atom is -0.496 e. The Morgan fingerprint density at radius 2 is 2.12 bits per heavy atom. The lowest BCUT2D eigenvalue weighted by atomic mass is 10.0. The van der Waals surface area contributed by atoms with Crippen molar-refractivity contribution in [2.24, 2.45) is 0 Å². The second kappa shape index (κ2) is 7.87. The smallest absolute Gasteiger partial charge is 0.238 e. The molecule has 1 aliphatic rings. The maximum atomic E-state index is 13.1. The number of rotatable bonds is 5. The lowest BCUT2D eigenvalue weighted by Crippen LogP contribution is -2.46. The number of carbonyl (C=O) groups excluding carboxylic acids is 1. The van der Waals surface area contributed by atoms with E-state index >= 15 is 0 Å². The lowest BCUT2D eigenvalue weighted by molar-refractivity contribution is -0.130. The standard InChI is InChI=1S/C17H22BrN5O2S/c1-5-22(6-2)16(24)15-14(11-7-8-13(25-4)12(18)9-11)21-23-10(3)19-20-17(23)26-15/h7-9,14-15,21H,5-6H2,1-4H3/t14-,15-/m1/s1. The van der Waals surface area contributed by atoms with Crippen LogP contribution in [0.4, 0.5) is 0 Å². The Morgan fingerprint density at radius 1 is 1.38 bits per heavy atom. The molecule has 26 heavy (non-hydrogen) atoms. The molecule has 1 aromatic heterocycles. The van der Waals surface area contributed by atoms with Crippen molar-refractivity contribution in [2.45, 2.75) is 37.2 Å². The number of halogens is 1. The highest BCUT2D eigenvalue weighted by molar-refractivity contribution is 9.10. The maximum Gasteiger partial charge on any atom is 0.238 e. The van der Waals surface area contributed by atoms with E-state index in [4.69, 9.17) is 4.74 Å². The third-order valence-electron chi connectivity index (χ3n) is 4.45. The molecule has 1 aromatic carbocycles. The molecule has 0 saturated carbocycles. The summed E-state index contributed by atoms with van der Waals surface area (Å²) < 4.78 is 8.02. The predicted molar refractivity (Wildman–Crippen MR) is 105 cm³/mol. The molecule has 2 aromatic rings. The van der Waals surface area contributed by atoms with Crippen molar-refractivity contribution in [3.05, 3.63) is 34.1 Å². The SMILES string of the molecule is CCN(CC)C(=O)[C@@H]1Sc2nnc(C)n2N[C@@H]1c1ccc(OC)c(Br)c1. The highest BCUT2D eigenvalue weighted by atomic mass is 79.9. The van der Waals surface area contributed by atoms with Crippen LogP contribution >= 0.6 is 27.7 Å². The van der Waals surface area contributed by atoms with E-state index in [0.29, 0.717) is 18.2 Å². The Labute approximate surface area is 165 Å². The Balaban J connectivity index is 2.02. The van der Waals surface area contributed by atoms with Crippen LogP contribution in [0.1, 0.15) is 31.3 Å². The molecule has 0 bridgehead atoms. The van der Waals surface area contributed by atoms with E-state index in [1.807, 2.05) is 48.5 Å². The normalized spacial score (nSPS) is 18.8. The summed E-state index contributed by atoms with van der Waals surface area (Å²) in [6, 6.07) is 5.66. The third kappa shape index (κ3) is 3.42. The minimum atomic E-state index is -0.328. The molecule has 0 saturated heterocycles. The molecule has 140 valence electrons. The second-order valence-electron chi connectivity index (χ2n) is 5.91. The molecule has 0 aliphatic carbocycles. The number of nitrogens with zero attached hydrogens (tertiary/aromatic N) is 4. The van der Waals surface area contributed by atoms with Gasteiger partial charge in [-0.1, -0.05) is 17.8 Å². The summed E-state index contributed by atoms with van der Waals surface area (Å²) in [6.45, 7) is 7.23. The molecule has 1 amide bonds. The minimum absolute atomic E-state index is 0.0938. The van der Waals surface area contributed by atoms with Crippen LogP contribution in [0.5, 0.6) is 5.75 Å². The topological polar surface area (TPSA) is 72.3 Å². The Morgan fingerprint density at radius 3 is 2.73 bits per heavy atom. The van der Waals surface area contributed by atoms with E-state index < -0.39 is 0 Å². The molecule has 0 spiro atoms. The average molecular weight is 440 g/mol. The van der Waals surface area contributed by atoms with Gasteiger partial charge in [-0.15, -0.1) is 10.2 Å². The zero-order valence-electron chi connectivity index (χ0n) is 15.2. The zero-order chi connectivity index (χ0) is 18.8. The fraction of sp³-hybridized carbons (Fsp3) is 0.471. The van der Waals surface area contributed by atoms with Crippen LogP contribution in [0.25, 0.3) is 0 Å². The molecular formula is C17H22BrN5O2S. The van der Waals surface area contributed by atoms with Crippen LogP contribution in [0.15, 0.2) is 27.8 Å². The molecule has 0 radical (unpaired) electrons. The summed E-state index contributed by atoms with van der Waals surface area (Å²) in [7, 11) is 1.63. The second-order valence-corrected chi connectivity index (χ2v) is 7.88. The van der Waals surface area contributed by atoms with Gasteiger partial charge in [0, 0.05) is 13.1 Å². The first-order chi connectivity index (χ1) is 12.5. The number of carbonyl (C=O) groups is 1. The molecule has 7 nitrogen and oxygen atoms in total. The summed E-state index contributed by atoms with van der Waals surface area (Å²) in [5, 5.41) is 8.69. The quantitative estimate of drug-likeness (QED) is 0.771. The molecule has 1 aliphatic heterocycles. The number of amides is 1. The van der Waals surface area contributed by atoms with Gasteiger partial charge < -0.3 is 15.1 Å². The van der Waals surface area contributed by atoms with E-state index in [9.17, 15) is 4.79 Å². The molecular weight excluding hydrogens is 418 g/mol. The lowest BCUT2D eigenvalue weighted by Gasteiger charge is -2.35. The van der Waals surface area contributed by atoms with E-state index in [1.165, 1.54) is 11.8 Å². The molecule has 2 heterocycles. The number of hydrogen-bond acceptors (Lipinski definition) is 6. The molecule has 9 heteroatoms. The molecule has 0 unspecified atom stereocenters. The van der Waals surface area contributed by atoms with Crippen molar-refractivity contribution in [3.63, 3.8) is 0 Å². The van der Waals surface area contributed by atoms with Gasteiger partial charge in [-0.25, -0.2) is 4.68 Å². The molecule has 0 fully saturated rings. The first kappa shape index (κ1) is 19.0. The van der Waals surface area contributed by atoms with Crippen molar-refractivity contribution < 1.29 is 9.53 Å². The molecule has 2 atom stereocenters. The fourth-order valence-corrected chi connectivity index (χ4v) is 4.76. The number of ether oxygens (including phenoxy) is 1. The monoisotopic (exact) mass is 439 g/mol. The van der Waals surface area contributed by atoms with Crippen molar-refractivity contribution in [3.8, 4) is 5.75 Å². The first-order valence-electron chi connectivity index (χ1n) is 8.47. The van der Waals surface area contributed by atoms with Crippen molar-refractivity contribution >= 4 is 33.6 Å². The van der Waals surface area contributed by atoms with Crippen LogP contribution in [-0.2, 0) is 4.79 Å². The van der Waals surface area contributed by atoms with E-state index in [2.05, 4.69) is 31.6 Å². The van der Waals surface area contributed by atoms with Crippen molar-refractivity contribution in [1.29, 1.82) is 0 Å². The van der Waals surface area contributed by atoms with Crippen molar-refractivity contribution in [2.75, 3.05) is 25.6 Å². The van der Waals surface area contributed by atoms with Gasteiger partial charge in [-0.2, -0.15) is 0 Å². The van der Waals surface area contributed by atoms with Crippen LogP contribution < -0.4 is 10.2 Å². The van der Waals surface area contributed by atoms with Gasteiger partial charge >= 0.3 is 0 Å². The Bertz CT molecular complexity index is 808. The first-order valence-corrected chi connectivity index (χ1v) is 10.1.